The van der Waals surface area contributed by atoms with Gasteiger partial charge in [-0.3, -0.25) is 0 Å². The third-order valence-electron chi connectivity index (χ3n) is 3.01. The minimum atomic E-state index is -2.62. The smallest absolute Gasteiger partial charge is 0.374 e. The number of hydrogen-bond donors (Lipinski definition) is 0. The van der Waals surface area contributed by atoms with Gasteiger partial charge in [0.1, 0.15) is 6.10 Å². The Hall–Kier alpha value is 0.0169. The summed E-state index contributed by atoms with van der Waals surface area (Å²) in [7, 11) is -2.62. The second-order valence-corrected chi connectivity index (χ2v) is 7.20. The Balaban J connectivity index is 2.60. The zero-order chi connectivity index (χ0) is 14.3. The quantitative estimate of drug-likeness (QED) is 0.433. The summed E-state index contributed by atoms with van der Waals surface area (Å²) in [5.41, 5.74) is 0. The van der Waals surface area contributed by atoms with Gasteiger partial charge in [-0.1, -0.05) is 6.92 Å². The molecule has 0 spiro atoms. The molecule has 0 aromatic carbocycles. The minimum absolute atomic E-state index is 0.0614. The molecule has 0 saturated carbocycles. The van der Waals surface area contributed by atoms with Gasteiger partial charge in [0.05, 0.1) is 6.10 Å². The first-order valence-electron chi connectivity index (χ1n) is 7.33. The van der Waals surface area contributed by atoms with Crippen LogP contribution in [0, 0.1) is 0 Å². The molecule has 5 nitrogen and oxygen atoms in total. The van der Waals surface area contributed by atoms with Gasteiger partial charge in [-0.2, -0.15) is 0 Å². The van der Waals surface area contributed by atoms with Gasteiger partial charge in [0.25, 0.3) is 0 Å². The maximum Gasteiger partial charge on any atom is 0.503 e. The van der Waals surface area contributed by atoms with E-state index in [2.05, 4.69) is 6.92 Å². The molecule has 3 unspecified atom stereocenters. The lowest BCUT2D eigenvalue weighted by molar-refractivity contribution is -0.0188. The highest BCUT2D eigenvalue weighted by Gasteiger charge is 2.45. The van der Waals surface area contributed by atoms with E-state index in [-0.39, 0.29) is 18.5 Å². The van der Waals surface area contributed by atoms with Crippen LogP contribution in [-0.4, -0.2) is 47.1 Å². The van der Waals surface area contributed by atoms with Crippen LogP contribution in [0.15, 0.2) is 0 Å². The highest BCUT2D eigenvalue weighted by molar-refractivity contribution is 6.60. The molecule has 0 radical (unpaired) electrons. The Labute approximate surface area is 117 Å². The fourth-order valence-corrected chi connectivity index (χ4v) is 4.89. The van der Waals surface area contributed by atoms with Crippen molar-refractivity contribution in [3.8, 4) is 0 Å². The van der Waals surface area contributed by atoms with Gasteiger partial charge in [0.2, 0.25) is 0 Å². The fourth-order valence-electron chi connectivity index (χ4n) is 2.03. The minimum Gasteiger partial charge on any atom is -0.374 e. The fraction of sp³-hybridized carbons (Fsp3) is 1.00. The molecule has 6 heteroatoms. The van der Waals surface area contributed by atoms with Crippen molar-refractivity contribution in [2.75, 3.05) is 19.8 Å². The van der Waals surface area contributed by atoms with Crippen LogP contribution in [0.4, 0.5) is 0 Å². The zero-order valence-corrected chi connectivity index (χ0v) is 13.8. The summed E-state index contributed by atoms with van der Waals surface area (Å²) in [6.45, 7) is 11.8. The first kappa shape index (κ1) is 17.1. The summed E-state index contributed by atoms with van der Waals surface area (Å²) in [5.74, 6) is 0. The SMILES string of the molecule is CCO[Si](CC(CC)OC1OC1C)(OCC)OCC. The van der Waals surface area contributed by atoms with Crippen molar-refractivity contribution in [2.24, 2.45) is 0 Å². The molecule has 0 bridgehead atoms. The van der Waals surface area contributed by atoms with Gasteiger partial charge < -0.3 is 22.8 Å². The van der Waals surface area contributed by atoms with E-state index in [0.717, 1.165) is 6.42 Å². The molecule has 0 aromatic heterocycles. The van der Waals surface area contributed by atoms with Gasteiger partial charge in [0.15, 0.2) is 6.29 Å². The zero-order valence-electron chi connectivity index (χ0n) is 12.8. The summed E-state index contributed by atoms with van der Waals surface area (Å²) in [5, 5.41) is 0. The van der Waals surface area contributed by atoms with Crippen LogP contribution >= 0.6 is 0 Å². The third-order valence-corrected chi connectivity index (χ3v) is 6.15. The van der Waals surface area contributed by atoms with Crippen molar-refractivity contribution in [3.05, 3.63) is 0 Å². The number of hydrogen-bond acceptors (Lipinski definition) is 5. The molecule has 3 atom stereocenters. The van der Waals surface area contributed by atoms with Gasteiger partial charge in [-0.25, -0.2) is 0 Å². The summed E-state index contributed by atoms with van der Waals surface area (Å²) in [4.78, 5) is 0. The first-order valence-corrected chi connectivity index (χ1v) is 9.26. The average Bonchev–Trinajstić information content (AvgIpc) is 3.05. The molecule has 0 aromatic rings. The summed E-state index contributed by atoms with van der Waals surface area (Å²) < 4.78 is 28.7. The molecule has 0 aliphatic carbocycles. The largest absolute Gasteiger partial charge is 0.503 e. The molecule has 1 saturated heterocycles. The number of ether oxygens (including phenoxy) is 2. The highest BCUT2D eigenvalue weighted by atomic mass is 28.4. The highest BCUT2D eigenvalue weighted by Crippen LogP contribution is 2.29. The predicted octanol–water partition coefficient (Wildman–Crippen LogP) is 2.57. The molecule has 114 valence electrons. The molecule has 0 N–H and O–H groups in total. The molecule has 1 rings (SSSR count). The molecular weight excluding hydrogens is 264 g/mol. The molecule has 0 amide bonds. The third kappa shape index (κ3) is 5.49. The van der Waals surface area contributed by atoms with E-state index in [9.17, 15) is 0 Å². The van der Waals surface area contributed by atoms with Crippen molar-refractivity contribution in [2.45, 2.75) is 65.6 Å². The van der Waals surface area contributed by atoms with Crippen LogP contribution in [0.25, 0.3) is 0 Å². The number of epoxide rings is 1. The van der Waals surface area contributed by atoms with Crippen molar-refractivity contribution >= 4 is 8.80 Å². The van der Waals surface area contributed by atoms with Gasteiger partial charge in [-0.05, 0) is 34.1 Å². The Kier molecular flexibility index (Phi) is 7.49. The molecular formula is C13H28O5Si. The maximum absolute atomic E-state index is 5.89. The molecule has 1 heterocycles. The average molecular weight is 292 g/mol. The van der Waals surface area contributed by atoms with Crippen LogP contribution in [0.1, 0.15) is 41.0 Å². The Morgan fingerprint density at radius 2 is 1.47 bits per heavy atom. The van der Waals surface area contributed by atoms with Crippen LogP contribution < -0.4 is 0 Å². The monoisotopic (exact) mass is 292 g/mol. The van der Waals surface area contributed by atoms with Gasteiger partial charge >= 0.3 is 8.80 Å². The van der Waals surface area contributed by atoms with E-state index in [0.29, 0.717) is 25.9 Å². The van der Waals surface area contributed by atoms with E-state index < -0.39 is 8.80 Å². The lowest BCUT2D eigenvalue weighted by Gasteiger charge is -2.31. The van der Waals surface area contributed by atoms with E-state index in [1.165, 1.54) is 0 Å². The Bertz CT molecular complexity index is 234. The Morgan fingerprint density at radius 1 is 1.00 bits per heavy atom. The topological polar surface area (TPSA) is 49.5 Å². The second kappa shape index (κ2) is 8.34. The number of rotatable bonds is 11. The first-order chi connectivity index (χ1) is 9.10. The van der Waals surface area contributed by atoms with E-state index >= 15 is 0 Å². The molecule has 1 aliphatic heterocycles. The van der Waals surface area contributed by atoms with Crippen LogP contribution in [0.5, 0.6) is 0 Å². The summed E-state index contributed by atoms with van der Waals surface area (Å²) >= 11 is 0. The summed E-state index contributed by atoms with van der Waals surface area (Å²) in [6, 6.07) is 0.686. The van der Waals surface area contributed by atoms with Crippen molar-refractivity contribution in [3.63, 3.8) is 0 Å². The van der Waals surface area contributed by atoms with E-state index in [4.69, 9.17) is 22.8 Å². The standard InChI is InChI=1S/C13H28O5Si/c1-6-12(18-13-11(5)17-13)10-19(14-7-2,15-8-3)16-9-4/h11-13H,6-10H2,1-5H3. The molecule has 1 fully saturated rings. The van der Waals surface area contributed by atoms with Crippen molar-refractivity contribution in [1.82, 2.24) is 0 Å². The maximum atomic E-state index is 5.89. The van der Waals surface area contributed by atoms with Gasteiger partial charge in [0, 0.05) is 25.9 Å². The summed E-state index contributed by atoms with van der Waals surface area (Å²) in [6.07, 6.45) is 1.10. The normalized spacial score (nSPS) is 24.5. The van der Waals surface area contributed by atoms with E-state index in [1.807, 2.05) is 27.7 Å². The Morgan fingerprint density at radius 3 is 1.79 bits per heavy atom. The van der Waals surface area contributed by atoms with Crippen molar-refractivity contribution in [1.29, 1.82) is 0 Å². The lowest BCUT2D eigenvalue weighted by Crippen LogP contribution is -2.48. The lowest BCUT2D eigenvalue weighted by atomic mass is 10.3. The van der Waals surface area contributed by atoms with E-state index in [1.54, 1.807) is 0 Å². The van der Waals surface area contributed by atoms with Crippen LogP contribution in [0.2, 0.25) is 6.04 Å². The van der Waals surface area contributed by atoms with Crippen molar-refractivity contribution < 1.29 is 22.8 Å². The molecule has 1 aliphatic rings. The second-order valence-electron chi connectivity index (χ2n) is 4.56. The predicted molar refractivity (Wildman–Crippen MR) is 74.9 cm³/mol. The van der Waals surface area contributed by atoms with Gasteiger partial charge in [-0.15, -0.1) is 0 Å². The van der Waals surface area contributed by atoms with Crippen LogP contribution in [0.3, 0.4) is 0 Å². The van der Waals surface area contributed by atoms with Crippen LogP contribution in [-0.2, 0) is 22.8 Å². The molecule has 19 heavy (non-hydrogen) atoms.